The van der Waals surface area contributed by atoms with Gasteiger partial charge in [0.1, 0.15) is 0 Å². The van der Waals surface area contributed by atoms with E-state index in [1.165, 1.54) is 12.8 Å². The van der Waals surface area contributed by atoms with Crippen molar-refractivity contribution in [3.8, 4) is 0 Å². The first kappa shape index (κ1) is 13.7. The third kappa shape index (κ3) is 4.64. The molecule has 2 N–H and O–H groups in total. The standard InChI is InChI=1S/C12H24N2OS/c1-5-16-10-8-6-7-9(10)13-11(15)14-12(2,3)4/h9-10H,5-8H2,1-4H3,(H2,13,14,15). The van der Waals surface area contributed by atoms with Gasteiger partial charge in [-0.25, -0.2) is 4.79 Å². The normalized spacial score (nSPS) is 25.5. The van der Waals surface area contributed by atoms with Gasteiger partial charge in [0.15, 0.2) is 0 Å². The van der Waals surface area contributed by atoms with Gasteiger partial charge in [-0.1, -0.05) is 13.3 Å². The Bertz CT molecular complexity index is 238. The molecule has 0 spiro atoms. The summed E-state index contributed by atoms with van der Waals surface area (Å²) in [5.41, 5.74) is -0.157. The average molecular weight is 244 g/mol. The molecule has 0 aliphatic heterocycles. The van der Waals surface area contributed by atoms with Gasteiger partial charge < -0.3 is 10.6 Å². The molecule has 0 bridgehead atoms. The maximum atomic E-state index is 11.7. The highest BCUT2D eigenvalue weighted by molar-refractivity contribution is 7.99. The Balaban J connectivity index is 2.38. The molecule has 0 saturated heterocycles. The number of nitrogens with one attached hydrogen (secondary N) is 2. The fraction of sp³-hybridized carbons (Fsp3) is 0.917. The van der Waals surface area contributed by atoms with E-state index >= 15 is 0 Å². The van der Waals surface area contributed by atoms with Gasteiger partial charge in [-0.15, -0.1) is 0 Å². The van der Waals surface area contributed by atoms with Gasteiger partial charge in [-0.3, -0.25) is 0 Å². The topological polar surface area (TPSA) is 41.1 Å². The summed E-state index contributed by atoms with van der Waals surface area (Å²) in [4.78, 5) is 11.7. The SMILES string of the molecule is CCSC1CCCC1NC(=O)NC(C)(C)C. The van der Waals surface area contributed by atoms with Crippen molar-refractivity contribution in [3.63, 3.8) is 0 Å². The van der Waals surface area contributed by atoms with Crippen LogP contribution < -0.4 is 10.6 Å². The molecule has 1 fully saturated rings. The van der Waals surface area contributed by atoms with Crippen LogP contribution in [-0.2, 0) is 0 Å². The van der Waals surface area contributed by atoms with E-state index in [0.29, 0.717) is 11.3 Å². The minimum atomic E-state index is -0.157. The van der Waals surface area contributed by atoms with Gasteiger partial charge in [-0.2, -0.15) is 11.8 Å². The predicted molar refractivity (Wildman–Crippen MR) is 71.0 cm³/mol. The molecule has 0 aromatic heterocycles. The number of hydrogen-bond acceptors (Lipinski definition) is 2. The van der Waals surface area contributed by atoms with Crippen molar-refractivity contribution in [2.75, 3.05) is 5.75 Å². The molecule has 2 amide bonds. The van der Waals surface area contributed by atoms with Crippen LogP contribution in [0.5, 0.6) is 0 Å². The summed E-state index contributed by atoms with van der Waals surface area (Å²) in [6.07, 6.45) is 3.59. The lowest BCUT2D eigenvalue weighted by molar-refractivity contribution is 0.228. The van der Waals surface area contributed by atoms with Crippen molar-refractivity contribution >= 4 is 17.8 Å². The van der Waals surface area contributed by atoms with Crippen LogP contribution in [0.25, 0.3) is 0 Å². The average Bonchev–Trinajstić information content (AvgIpc) is 2.50. The van der Waals surface area contributed by atoms with Crippen molar-refractivity contribution in [1.29, 1.82) is 0 Å². The van der Waals surface area contributed by atoms with Crippen LogP contribution in [0, 0.1) is 0 Å². The third-order valence-electron chi connectivity index (χ3n) is 2.64. The van der Waals surface area contributed by atoms with Crippen molar-refractivity contribution < 1.29 is 4.79 Å². The number of thioether (sulfide) groups is 1. The first-order valence-electron chi connectivity index (χ1n) is 6.12. The summed E-state index contributed by atoms with van der Waals surface area (Å²) in [7, 11) is 0. The zero-order chi connectivity index (χ0) is 12.2. The van der Waals surface area contributed by atoms with Crippen LogP contribution in [0.4, 0.5) is 4.79 Å². The molecule has 1 aliphatic carbocycles. The molecule has 0 heterocycles. The molecule has 3 nitrogen and oxygen atoms in total. The largest absolute Gasteiger partial charge is 0.334 e. The smallest absolute Gasteiger partial charge is 0.315 e. The minimum absolute atomic E-state index is 0.0268. The van der Waals surface area contributed by atoms with Crippen molar-refractivity contribution in [2.24, 2.45) is 0 Å². The lowest BCUT2D eigenvalue weighted by Crippen LogP contribution is -2.50. The number of carbonyl (C=O) groups is 1. The second-order valence-corrected chi connectivity index (χ2v) is 6.90. The molecule has 16 heavy (non-hydrogen) atoms. The number of hydrogen-bond donors (Lipinski definition) is 2. The number of amides is 2. The molecule has 1 aliphatic rings. The summed E-state index contributed by atoms with van der Waals surface area (Å²) >= 11 is 1.96. The molecule has 2 atom stereocenters. The lowest BCUT2D eigenvalue weighted by Gasteiger charge is -2.25. The summed E-state index contributed by atoms with van der Waals surface area (Å²) in [6, 6.07) is 0.327. The van der Waals surface area contributed by atoms with Gasteiger partial charge >= 0.3 is 6.03 Å². The third-order valence-corrected chi connectivity index (χ3v) is 3.96. The van der Waals surface area contributed by atoms with Gasteiger partial charge in [0, 0.05) is 16.8 Å². The van der Waals surface area contributed by atoms with E-state index in [-0.39, 0.29) is 11.6 Å². The Labute approximate surface area is 103 Å². The highest BCUT2D eigenvalue weighted by atomic mass is 32.2. The zero-order valence-electron chi connectivity index (χ0n) is 10.8. The van der Waals surface area contributed by atoms with E-state index in [0.717, 1.165) is 12.2 Å². The second kappa shape index (κ2) is 5.80. The monoisotopic (exact) mass is 244 g/mol. The van der Waals surface area contributed by atoms with E-state index in [1.807, 2.05) is 32.5 Å². The zero-order valence-corrected chi connectivity index (χ0v) is 11.6. The van der Waals surface area contributed by atoms with Crippen LogP contribution in [0.1, 0.15) is 47.0 Å². The van der Waals surface area contributed by atoms with Gasteiger partial charge in [0.25, 0.3) is 0 Å². The van der Waals surface area contributed by atoms with Gasteiger partial charge in [0.2, 0.25) is 0 Å². The molecule has 94 valence electrons. The molecule has 1 saturated carbocycles. The summed E-state index contributed by atoms with van der Waals surface area (Å²) in [6.45, 7) is 8.17. The van der Waals surface area contributed by atoms with E-state index in [1.54, 1.807) is 0 Å². The van der Waals surface area contributed by atoms with Crippen molar-refractivity contribution in [1.82, 2.24) is 10.6 Å². The molecule has 4 heteroatoms. The molecular weight excluding hydrogens is 220 g/mol. The summed E-state index contributed by atoms with van der Waals surface area (Å²) in [5.74, 6) is 1.13. The first-order valence-corrected chi connectivity index (χ1v) is 7.17. The Kier molecular flexibility index (Phi) is 4.96. The Morgan fingerprint density at radius 2 is 2.06 bits per heavy atom. The van der Waals surface area contributed by atoms with Gasteiger partial charge in [-0.05, 0) is 39.4 Å². The Morgan fingerprint density at radius 3 is 2.62 bits per heavy atom. The lowest BCUT2D eigenvalue weighted by atomic mass is 10.1. The molecule has 0 radical (unpaired) electrons. The minimum Gasteiger partial charge on any atom is -0.334 e. The van der Waals surface area contributed by atoms with Crippen molar-refractivity contribution in [3.05, 3.63) is 0 Å². The molecule has 2 unspecified atom stereocenters. The molecule has 0 aromatic rings. The Hall–Kier alpha value is -0.380. The van der Waals surface area contributed by atoms with Crippen LogP contribution >= 0.6 is 11.8 Å². The van der Waals surface area contributed by atoms with Crippen LogP contribution in [0.2, 0.25) is 0 Å². The van der Waals surface area contributed by atoms with E-state index in [9.17, 15) is 4.79 Å². The quantitative estimate of drug-likeness (QED) is 0.801. The van der Waals surface area contributed by atoms with Crippen molar-refractivity contribution in [2.45, 2.75) is 63.8 Å². The van der Waals surface area contributed by atoms with Crippen LogP contribution in [0.3, 0.4) is 0 Å². The van der Waals surface area contributed by atoms with Gasteiger partial charge in [0.05, 0.1) is 0 Å². The first-order chi connectivity index (χ1) is 7.42. The maximum Gasteiger partial charge on any atom is 0.315 e. The Morgan fingerprint density at radius 1 is 1.38 bits per heavy atom. The van der Waals surface area contributed by atoms with Crippen LogP contribution in [-0.4, -0.2) is 28.6 Å². The number of urea groups is 1. The second-order valence-electron chi connectivity index (χ2n) is 5.38. The maximum absolute atomic E-state index is 11.7. The summed E-state index contributed by atoms with van der Waals surface area (Å²) in [5, 5.41) is 6.66. The van der Waals surface area contributed by atoms with E-state index in [4.69, 9.17) is 0 Å². The highest BCUT2D eigenvalue weighted by Gasteiger charge is 2.29. The summed E-state index contributed by atoms with van der Waals surface area (Å²) < 4.78 is 0. The molecule has 0 aromatic carbocycles. The van der Waals surface area contributed by atoms with E-state index < -0.39 is 0 Å². The predicted octanol–water partition coefficient (Wildman–Crippen LogP) is 2.76. The number of rotatable bonds is 3. The number of carbonyl (C=O) groups excluding carboxylic acids is 1. The fourth-order valence-electron chi connectivity index (χ4n) is 2.05. The highest BCUT2D eigenvalue weighted by Crippen LogP contribution is 2.29. The fourth-order valence-corrected chi connectivity index (χ4v) is 3.25. The molecule has 1 rings (SSSR count). The van der Waals surface area contributed by atoms with E-state index in [2.05, 4.69) is 17.6 Å². The molecular formula is C12H24N2OS. The van der Waals surface area contributed by atoms with Crippen LogP contribution in [0.15, 0.2) is 0 Å².